The predicted molar refractivity (Wildman–Crippen MR) is 68.1 cm³/mol. The summed E-state index contributed by atoms with van der Waals surface area (Å²) in [6, 6.07) is 7.52. The van der Waals surface area contributed by atoms with E-state index < -0.39 is 0 Å². The van der Waals surface area contributed by atoms with Crippen molar-refractivity contribution in [3.8, 4) is 5.75 Å². The molecule has 0 saturated heterocycles. The van der Waals surface area contributed by atoms with E-state index in [0.29, 0.717) is 6.54 Å². The number of rotatable bonds is 5. The average Bonchev–Trinajstić information content (AvgIpc) is 2.37. The number of hydrogen-bond acceptors (Lipinski definition) is 3. The Morgan fingerprint density at radius 2 is 2.18 bits per heavy atom. The summed E-state index contributed by atoms with van der Waals surface area (Å²) in [5.41, 5.74) is 6.41. The van der Waals surface area contributed by atoms with Crippen molar-refractivity contribution in [2.45, 2.75) is 25.8 Å². The third kappa shape index (κ3) is 3.75. The van der Waals surface area contributed by atoms with Crippen LogP contribution >= 0.6 is 0 Å². The summed E-state index contributed by atoms with van der Waals surface area (Å²) in [7, 11) is 1.61. The molecule has 0 saturated carbocycles. The van der Waals surface area contributed by atoms with Crippen molar-refractivity contribution in [1.29, 1.82) is 0 Å². The lowest BCUT2D eigenvalue weighted by atomic mass is 10.00. The van der Waals surface area contributed by atoms with Gasteiger partial charge in [0.05, 0.1) is 13.0 Å². The second kappa shape index (κ2) is 6.25. The third-order valence-electron chi connectivity index (χ3n) is 2.73. The van der Waals surface area contributed by atoms with E-state index in [-0.39, 0.29) is 17.9 Å². The number of carbonyl (C=O) groups excluding carboxylic acids is 1. The first-order chi connectivity index (χ1) is 8.08. The Hall–Kier alpha value is -1.55. The van der Waals surface area contributed by atoms with E-state index in [4.69, 9.17) is 10.5 Å². The highest BCUT2D eigenvalue weighted by atomic mass is 16.5. The van der Waals surface area contributed by atoms with Crippen LogP contribution in [0.25, 0.3) is 0 Å². The quantitative estimate of drug-likeness (QED) is 0.809. The van der Waals surface area contributed by atoms with Gasteiger partial charge < -0.3 is 15.8 Å². The van der Waals surface area contributed by atoms with Crippen LogP contribution in [0.5, 0.6) is 5.75 Å². The summed E-state index contributed by atoms with van der Waals surface area (Å²) >= 11 is 0. The Balaban J connectivity index is 2.74. The van der Waals surface area contributed by atoms with Gasteiger partial charge in [-0.2, -0.15) is 0 Å². The minimum absolute atomic E-state index is 0.00411. The molecule has 0 aromatic heterocycles. The van der Waals surface area contributed by atoms with Crippen molar-refractivity contribution in [3.05, 3.63) is 29.8 Å². The number of amides is 1. The standard InChI is InChI=1S/C13H20N2O2/c1-9(8-14)15-13(16)10(2)11-5-4-6-12(7-11)17-3/h4-7,9-10H,8,14H2,1-3H3,(H,15,16)/t9-,10?/m0/s1. The van der Waals surface area contributed by atoms with Crippen LogP contribution in [-0.4, -0.2) is 25.6 Å². The normalized spacial score (nSPS) is 13.9. The Labute approximate surface area is 102 Å². The maximum atomic E-state index is 11.9. The van der Waals surface area contributed by atoms with Crippen LogP contribution in [0.3, 0.4) is 0 Å². The van der Waals surface area contributed by atoms with Gasteiger partial charge in [0, 0.05) is 12.6 Å². The topological polar surface area (TPSA) is 64.3 Å². The first-order valence-corrected chi connectivity index (χ1v) is 5.73. The number of carbonyl (C=O) groups is 1. The van der Waals surface area contributed by atoms with E-state index in [0.717, 1.165) is 11.3 Å². The highest BCUT2D eigenvalue weighted by molar-refractivity contribution is 5.83. The van der Waals surface area contributed by atoms with Gasteiger partial charge in [0.15, 0.2) is 0 Å². The van der Waals surface area contributed by atoms with Crippen LogP contribution in [0.15, 0.2) is 24.3 Å². The highest BCUT2D eigenvalue weighted by Crippen LogP contribution is 2.20. The molecule has 0 aliphatic rings. The van der Waals surface area contributed by atoms with Gasteiger partial charge in [0.1, 0.15) is 5.75 Å². The molecule has 1 amide bonds. The maximum absolute atomic E-state index is 11.9. The zero-order chi connectivity index (χ0) is 12.8. The lowest BCUT2D eigenvalue weighted by Gasteiger charge is -2.16. The van der Waals surface area contributed by atoms with Gasteiger partial charge in [-0.05, 0) is 31.5 Å². The molecule has 0 aliphatic carbocycles. The largest absolute Gasteiger partial charge is 0.497 e. The van der Waals surface area contributed by atoms with Gasteiger partial charge in [0.2, 0.25) is 5.91 Å². The number of benzene rings is 1. The van der Waals surface area contributed by atoms with Crippen LogP contribution in [0.2, 0.25) is 0 Å². The van der Waals surface area contributed by atoms with Crippen LogP contribution < -0.4 is 15.8 Å². The van der Waals surface area contributed by atoms with Gasteiger partial charge in [-0.3, -0.25) is 4.79 Å². The zero-order valence-electron chi connectivity index (χ0n) is 10.6. The summed E-state index contributed by atoms with van der Waals surface area (Å²) in [5.74, 6) is 0.532. The summed E-state index contributed by atoms with van der Waals surface area (Å²) in [4.78, 5) is 11.9. The molecule has 3 N–H and O–H groups in total. The van der Waals surface area contributed by atoms with E-state index in [2.05, 4.69) is 5.32 Å². The van der Waals surface area contributed by atoms with E-state index >= 15 is 0 Å². The molecule has 0 fully saturated rings. The van der Waals surface area contributed by atoms with Crippen molar-refractivity contribution < 1.29 is 9.53 Å². The molecule has 4 nitrogen and oxygen atoms in total. The SMILES string of the molecule is COc1cccc(C(C)C(=O)N[C@@H](C)CN)c1. The molecular formula is C13H20N2O2. The number of ether oxygens (including phenoxy) is 1. The van der Waals surface area contributed by atoms with E-state index in [1.807, 2.05) is 38.1 Å². The molecule has 0 bridgehead atoms. The molecule has 94 valence electrons. The number of nitrogens with one attached hydrogen (secondary N) is 1. The van der Waals surface area contributed by atoms with E-state index in [1.165, 1.54) is 0 Å². The van der Waals surface area contributed by atoms with Gasteiger partial charge in [-0.15, -0.1) is 0 Å². The lowest BCUT2D eigenvalue weighted by molar-refractivity contribution is -0.122. The molecule has 0 aliphatic heterocycles. The minimum Gasteiger partial charge on any atom is -0.497 e. The van der Waals surface area contributed by atoms with Crippen LogP contribution in [0.4, 0.5) is 0 Å². The monoisotopic (exact) mass is 236 g/mol. The van der Waals surface area contributed by atoms with Gasteiger partial charge >= 0.3 is 0 Å². The van der Waals surface area contributed by atoms with Crippen molar-refractivity contribution in [1.82, 2.24) is 5.32 Å². The highest BCUT2D eigenvalue weighted by Gasteiger charge is 2.16. The van der Waals surface area contributed by atoms with Gasteiger partial charge in [0.25, 0.3) is 0 Å². The van der Waals surface area contributed by atoms with Crippen molar-refractivity contribution >= 4 is 5.91 Å². The Morgan fingerprint density at radius 1 is 1.47 bits per heavy atom. The van der Waals surface area contributed by atoms with E-state index in [1.54, 1.807) is 7.11 Å². The third-order valence-corrected chi connectivity index (χ3v) is 2.73. The zero-order valence-corrected chi connectivity index (χ0v) is 10.6. The molecule has 4 heteroatoms. The molecule has 1 aromatic rings. The summed E-state index contributed by atoms with van der Waals surface area (Å²) in [5, 5.41) is 2.86. The maximum Gasteiger partial charge on any atom is 0.227 e. The smallest absolute Gasteiger partial charge is 0.227 e. The van der Waals surface area contributed by atoms with E-state index in [9.17, 15) is 4.79 Å². The summed E-state index contributed by atoms with van der Waals surface area (Å²) in [6.45, 7) is 4.19. The summed E-state index contributed by atoms with van der Waals surface area (Å²) in [6.07, 6.45) is 0. The molecule has 0 heterocycles. The number of nitrogens with two attached hydrogens (primary N) is 1. The number of methoxy groups -OCH3 is 1. The lowest BCUT2D eigenvalue weighted by Crippen LogP contribution is -2.39. The summed E-state index contributed by atoms with van der Waals surface area (Å²) < 4.78 is 5.14. The molecule has 2 atom stereocenters. The fourth-order valence-electron chi connectivity index (χ4n) is 1.49. The van der Waals surface area contributed by atoms with Gasteiger partial charge in [-0.1, -0.05) is 12.1 Å². The Kier molecular flexibility index (Phi) is 4.97. The van der Waals surface area contributed by atoms with Crippen molar-refractivity contribution in [3.63, 3.8) is 0 Å². The molecule has 1 aromatic carbocycles. The Bertz CT molecular complexity index is 379. The average molecular weight is 236 g/mol. The van der Waals surface area contributed by atoms with Crippen LogP contribution in [0.1, 0.15) is 25.3 Å². The second-order valence-electron chi connectivity index (χ2n) is 4.14. The number of hydrogen-bond donors (Lipinski definition) is 2. The fraction of sp³-hybridized carbons (Fsp3) is 0.462. The van der Waals surface area contributed by atoms with Crippen molar-refractivity contribution in [2.24, 2.45) is 5.73 Å². The minimum atomic E-state index is -0.209. The van der Waals surface area contributed by atoms with Gasteiger partial charge in [-0.25, -0.2) is 0 Å². The Morgan fingerprint density at radius 3 is 2.76 bits per heavy atom. The molecule has 0 radical (unpaired) electrons. The molecule has 17 heavy (non-hydrogen) atoms. The fourth-order valence-corrected chi connectivity index (χ4v) is 1.49. The first-order valence-electron chi connectivity index (χ1n) is 5.73. The molecule has 0 spiro atoms. The van der Waals surface area contributed by atoms with Crippen molar-refractivity contribution in [2.75, 3.05) is 13.7 Å². The second-order valence-corrected chi connectivity index (χ2v) is 4.14. The first kappa shape index (κ1) is 13.5. The molecular weight excluding hydrogens is 216 g/mol. The molecule has 1 rings (SSSR count). The predicted octanol–water partition coefficient (Wildman–Crippen LogP) is 1.26. The molecule has 1 unspecified atom stereocenters. The van der Waals surface area contributed by atoms with Crippen LogP contribution in [0, 0.1) is 0 Å². The van der Waals surface area contributed by atoms with Crippen LogP contribution in [-0.2, 0) is 4.79 Å².